The van der Waals surface area contributed by atoms with Gasteiger partial charge in [0.15, 0.2) is 0 Å². The minimum Gasteiger partial charge on any atom is -0.481 e. The molecule has 0 bridgehead atoms. The molecule has 1 amide bonds. The zero-order valence-electron chi connectivity index (χ0n) is 12.3. The van der Waals surface area contributed by atoms with Crippen LogP contribution in [0.3, 0.4) is 0 Å². The summed E-state index contributed by atoms with van der Waals surface area (Å²) in [6, 6.07) is 5.33. The van der Waals surface area contributed by atoms with Crippen LogP contribution in [0.5, 0.6) is 0 Å². The van der Waals surface area contributed by atoms with Crippen molar-refractivity contribution in [2.45, 2.75) is 32.6 Å². The highest BCUT2D eigenvalue weighted by Crippen LogP contribution is 2.26. The maximum atomic E-state index is 12.5. The summed E-state index contributed by atoms with van der Waals surface area (Å²) in [4.78, 5) is 25.2. The van der Waals surface area contributed by atoms with Crippen LogP contribution in [-0.4, -0.2) is 35.0 Å². The minimum atomic E-state index is -0.833. The smallest absolute Gasteiger partial charge is 0.308 e. The van der Waals surface area contributed by atoms with Gasteiger partial charge in [-0.15, -0.1) is 0 Å². The minimum absolute atomic E-state index is 0.141. The highest BCUT2D eigenvalue weighted by molar-refractivity contribution is 6.31. The predicted octanol–water partition coefficient (Wildman–Crippen LogP) is 3.40. The molecule has 4 nitrogen and oxygen atoms in total. The molecule has 0 spiro atoms. The molecule has 114 valence electrons. The van der Waals surface area contributed by atoms with Gasteiger partial charge in [-0.25, -0.2) is 0 Å². The molecule has 1 atom stereocenters. The van der Waals surface area contributed by atoms with E-state index in [0.717, 1.165) is 12.0 Å². The van der Waals surface area contributed by atoms with Crippen molar-refractivity contribution in [2.75, 3.05) is 13.1 Å². The largest absolute Gasteiger partial charge is 0.481 e. The quantitative estimate of drug-likeness (QED) is 0.931. The molecular formula is C16H20ClNO3. The maximum absolute atomic E-state index is 12.5. The molecule has 2 rings (SSSR count). The van der Waals surface area contributed by atoms with Gasteiger partial charge in [-0.3, -0.25) is 9.59 Å². The Hall–Kier alpha value is -1.55. The number of amides is 1. The first-order chi connectivity index (χ1) is 9.90. The fourth-order valence-electron chi connectivity index (χ4n) is 2.67. The number of hydrogen-bond acceptors (Lipinski definition) is 2. The molecule has 1 unspecified atom stereocenters. The summed E-state index contributed by atoms with van der Waals surface area (Å²) in [6.45, 7) is 4.97. The van der Waals surface area contributed by atoms with Gasteiger partial charge in [0.05, 0.1) is 5.92 Å². The lowest BCUT2D eigenvalue weighted by Crippen LogP contribution is -2.42. The fourth-order valence-corrected chi connectivity index (χ4v) is 3.07. The lowest BCUT2D eigenvalue weighted by molar-refractivity contribution is -0.143. The Morgan fingerprint density at radius 3 is 2.67 bits per heavy atom. The second kappa shape index (κ2) is 6.48. The van der Waals surface area contributed by atoms with Crippen LogP contribution in [0, 0.1) is 5.92 Å². The van der Waals surface area contributed by atoms with Crippen LogP contribution in [-0.2, 0) is 4.79 Å². The van der Waals surface area contributed by atoms with E-state index in [-0.39, 0.29) is 12.5 Å². The summed E-state index contributed by atoms with van der Waals surface area (Å²) in [5, 5.41) is 9.68. The Kier molecular flexibility index (Phi) is 4.88. The molecule has 1 N–H and O–H groups in total. The number of aliphatic carboxylic acids is 1. The average Bonchev–Trinajstić information content (AvgIpc) is 2.46. The lowest BCUT2D eigenvalue weighted by Gasteiger charge is -2.30. The van der Waals surface area contributed by atoms with E-state index < -0.39 is 11.9 Å². The molecule has 21 heavy (non-hydrogen) atoms. The van der Waals surface area contributed by atoms with Gasteiger partial charge in [0, 0.05) is 23.7 Å². The number of nitrogens with zero attached hydrogens (tertiary/aromatic N) is 1. The van der Waals surface area contributed by atoms with Crippen molar-refractivity contribution in [3.8, 4) is 0 Å². The monoisotopic (exact) mass is 309 g/mol. The third kappa shape index (κ3) is 3.56. The highest BCUT2D eigenvalue weighted by Gasteiger charge is 2.28. The van der Waals surface area contributed by atoms with Gasteiger partial charge < -0.3 is 10.0 Å². The average molecular weight is 310 g/mol. The maximum Gasteiger partial charge on any atom is 0.308 e. The van der Waals surface area contributed by atoms with E-state index in [9.17, 15) is 9.59 Å². The van der Waals surface area contributed by atoms with Gasteiger partial charge >= 0.3 is 5.97 Å². The number of carbonyl (C=O) groups is 2. The molecule has 1 aliphatic rings. The molecule has 0 aliphatic carbocycles. The zero-order valence-corrected chi connectivity index (χ0v) is 13.1. The molecule has 1 aliphatic heterocycles. The summed E-state index contributed by atoms with van der Waals surface area (Å²) in [7, 11) is 0. The molecule has 0 saturated carbocycles. The molecule has 0 aromatic heterocycles. The van der Waals surface area contributed by atoms with E-state index in [1.54, 1.807) is 17.0 Å². The number of likely N-dealkylation sites (tertiary alicyclic amines) is 1. The summed E-state index contributed by atoms with van der Waals surface area (Å²) < 4.78 is 0. The topological polar surface area (TPSA) is 57.6 Å². The molecule has 5 heteroatoms. The highest BCUT2D eigenvalue weighted by atomic mass is 35.5. The summed E-state index contributed by atoms with van der Waals surface area (Å²) >= 11 is 6.22. The lowest BCUT2D eigenvalue weighted by atomic mass is 9.97. The van der Waals surface area contributed by atoms with Crippen LogP contribution in [0.2, 0.25) is 5.02 Å². The Morgan fingerprint density at radius 1 is 1.38 bits per heavy atom. The Bertz CT molecular complexity index is 556. The number of carboxylic acids is 1. The van der Waals surface area contributed by atoms with Crippen molar-refractivity contribution >= 4 is 23.5 Å². The van der Waals surface area contributed by atoms with E-state index in [4.69, 9.17) is 16.7 Å². The standard InChI is InChI=1S/C16H20ClNO3/c1-10(2)13-6-5-11(8-14(13)17)15(19)18-7-3-4-12(9-18)16(20)21/h5-6,8,10,12H,3-4,7,9H2,1-2H3,(H,20,21). The number of carboxylic acid groups (broad SMARTS) is 1. The van der Waals surface area contributed by atoms with E-state index >= 15 is 0 Å². The van der Waals surface area contributed by atoms with Crippen molar-refractivity contribution in [3.05, 3.63) is 34.3 Å². The molecular weight excluding hydrogens is 290 g/mol. The van der Waals surface area contributed by atoms with E-state index in [0.29, 0.717) is 29.5 Å². The Labute approximate surface area is 129 Å². The third-order valence-electron chi connectivity index (χ3n) is 3.93. The molecule has 1 heterocycles. The number of halogens is 1. The first-order valence-corrected chi connectivity index (χ1v) is 7.59. The van der Waals surface area contributed by atoms with Crippen LogP contribution in [0.1, 0.15) is 48.5 Å². The molecule has 1 aromatic carbocycles. The normalized spacial score (nSPS) is 18.9. The van der Waals surface area contributed by atoms with Gasteiger partial charge in [-0.2, -0.15) is 0 Å². The fraction of sp³-hybridized carbons (Fsp3) is 0.500. The Balaban J connectivity index is 2.16. The van der Waals surface area contributed by atoms with E-state index in [1.165, 1.54) is 0 Å². The Morgan fingerprint density at radius 2 is 2.10 bits per heavy atom. The number of hydrogen-bond donors (Lipinski definition) is 1. The second-order valence-electron chi connectivity index (χ2n) is 5.82. The van der Waals surface area contributed by atoms with Crippen LogP contribution in [0.15, 0.2) is 18.2 Å². The predicted molar refractivity (Wildman–Crippen MR) is 81.8 cm³/mol. The van der Waals surface area contributed by atoms with Gasteiger partial charge in [0.1, 0.15) is 0 Å². The third-order valence-corrected chi connectivity index (χ3v) is 4.25. The first-order valence-electron chi connectivity index (χ1n) is 7.21. The van der Waals surface area contributed by atoms with Gasteiger partial charge in [0.2, 0.25) is 0 Å². The van der Waals surface area contributed by atoms with E-state index in [1.807, 2.05) is 19.9 Å². The number of rotatable bonds is 3. The SMILES string of the molecule is CC(C)c1ccc(C(=O)N2CCCC(C(=O)O)C2)cc1Cl. The van der Waals surface area contributed by atoms with Crippen molar-refractivity contribution in [2.24, 2.45) is 5.92 Å². The van der Waals surface area contributed by atoms with Gasteiger partial charge in [-0.05, 0) is 36.5 Å². The number of carbonyl (C=O) groups excluding carboxylic acids is 1. The number of benzene rings is 1. The summed E-state index contributed by atoms with van der Waals surface area (Å²) in [6.07, 6.45) is 1.35. The number of piperidine rings is 1. The zero-order chi connectivity index (χ0) is 15.6. The molecule has 1 saturated heterocycles. The van der Waals surface area contributed by atoms with Crippen molar-refractivity contribution < 1.29 is 14.7 Å². The van der Waals surface area contributed by atoms with Crippen molar-refractivity contribution in [1.29, 1.82) is 0 Å². The van der Waals surface area contributed by atoms with Crippen LogP contribution in [0.4, 0.5) is 0 Å². The van der Waals surface area contributed by atoms with Crippen LogP contribution < -0.4 is 0 Å². The van der Waals surface area contributed by atoms with Crippen molar-refractivity contribution in [1.82, 2.24) is 4.90 Å². The molecule has 1 fully saturated rings. The van der Waals surface area contributed by atoms with Gasteiger partial charge in [-0.1, -0.05) is 31.5 Å². The molecule has 0 radical (unpaired) electrons. The summed E-state index contributed by atoms with van der Waals surface area (Å²) in [5.41, 5.74) is 1.53. The second-order valence-corrected chi connectivity index (χ2v) is 6.23. The first kappa shape index (κ1) is 15.8. The van der Waals surface area contributed by atoms with Crippen LogP contribution in [0.25, 0.3) is 0 Å². The van der Waals surface area contributed by atoms with Crippen molar-refractivity contribution in [3.63, 3.8) is 0 Å². The summed E-state index contributed by atoms with van der Waals surface area (Å²) in [5.74, 6) is -1.14. The molecule has 1 aromatic rings. The van der Waals surface area contributed by atoms with Gasteiger partial charge in [0.25, 0.3) is 5.91 Å². The van der Waals surface area contributed by atoms with E-state index in [2.05, 4.69) is 0 Å². The van der Waals surface area contributed by atoms with Crippen LogP contribution >= 0.6 is 11.6 Å².